The lowest BCUT2D eigenvalue weighted by Crippen LogP contribution is -2.06. The van der Waals surface area contributed by atoms with Crippen LogP contribution in [0.4, 0.5) is 0 Å². The second-order valence-electron chi connectivity index (χ2n) is 7.14. The van der Waals surface area contributed by atoms with E-state index < -0.39 is 0 Å². The Morgan fingerprint density at radius 1 is 0.792 bits per heavy atom. The van der Waals surface area contributed by atoms with Crippen LogP contribution in [0.3, 0.4) is 0 Å². The standard InChI is InChI=1S/C21H41ClO2/c1-3-4-5-6-7-8-9-10-11-12-13-14-15-18-21(23)24-19-16-17-20(2)22/h20H,3-19H2,1-2H3. The van der Waals surface area contributed by atoms with Gasteiger partial charge in [0.25, 0.3) is 0 Å². The summed E-state index contributed by atoms with van der Waals surface area (Å²) in [6, 6.07) is 0. The summed E-state index contributed by atoms with van der Waals surface area (Å²) in [5.74, 6) is -0.0414. The van der Waals surface area contributed by atoms with Crippen molar-refractivity contribution in [3.8, 4) is 0 Å². The number of ether oxygens (including phenoxy) is 1. The Kier molecular flexibility index (Phi) is 18.9. The van der Waals surface area contributed by atoms with Gasteiger partial charge in [0.05, 0.1) is 6.61 Å². The number of carbonyl (C=O) groups excluding carboxylic acids is 1. The fraction of sp³-hybridized carbons (Fsp3) is 0.952. The van der Waals surface area contributed by atoms with E-state index in [4.69, 9.17) is 16.3 Å². The summed E-state index contributed by atoms with van der Waals surface area (Å²) in [5, 5.41) is 0.171. The third-order valence-corrected chi connectivity index (χ3v) is 4.71. The monoisotopic (exact) mass is 360 g/mol. The molecule has 3 heteroatoms. The van der Waals surface area contributed by atoms with Gasteiger partial charge in [0.1, 0.15) is 0 Å². The van der Waals surface area contributed by atoms with E-state index in [-0.39, 0.29) is 11.3 Å². The quantitative estimate of drug-likeness (QED) is 0.144. The first-order valence-electron chi connectivity index (χ1n) is 10.5. The minimum absolute atomic E-state index is 0.0414. The first kappa shape index (κ1) is 23.8. The van der Waals surface area contributed by atoms with Gasteiger partial charge in [0.2, 0.25) is 0 Å². The van der Waals surface area contributed by atoms with Gasteiger partial charge in [0, 0.05) is 11.8 Å². The molecule has 0 radical (unpaired) electrons. The molecule has 0 rings (SSSR count). The average molecular weight is 361 g/mol. The van der Waals surface area contributed by atoms with Crippen LogP contribution in [0.1, 0.15) is 117 Å². The van der Waals surface area contributed by atoms with Gasteiger partial charge in [-0.15, -0.1) is 11.6 Å². The Balaban J connectivity index is 3.12. The van der Waals surface area contributed by atoms with Crippen molar-refractivity contribution in [2.75, 3.05) is 6.61 Å². The van der Waals surface area contributed by atoms with Gasteiger partial charge >= 0.3 is 5.97 Å². The van der Waals surface area contributed by atoms with Gasteiger partial charge in [0.15, 0.2) is 0 Å². The number of rotatable bonds is 18. The van der Waals surface area contributed by atoms with Crippen molar-refractivity contribution in [2.45, 2.75) is 122 Å². The number of halogens is 1. The number of unbranched alkanes of at least 4 members (excludes halogenated alkanes) is 12. The molecule has 0 amide bonds. The molecule has 0 aromatic rings. The summed E-state index contributed by atoms with van der Waals surface area (Å²) in [6.45, 7) is 4.76. The summed E-state index contributed by atoms with van der Waals surface area (Å²) in [7, 11) is 0. The van der Waals surface area contributed by atoms with Crippen LogP contribution in [0.25, 0.3) is 0 Å². The minimum Gasteiger partial charge on any atom is -0.466 e. The van der Waals surface area contributed by atoms with Crippen molar-refractivity contribution in [3.05, 3.63) is 0 Å². The van der Waals surface area contributed by atoms with Crippen molar-refractivity contribution < 1.29 is 9.53 Å². The van der Waals surface area contributed by atoms with E-state index in [1.807, 2.05) is 6.92 Å². The number of hydrogen-bond donors (Lipinski definition) is 0. The SMILES string of the molecule is CCCCCCCCCCCCCCCC(=O)OCCCC(C)Cl. The Bertz CT molecular complexity index is 267. The highest BCUT2D eigenvalue weighted by molar-refractivity contribution is 6.20. The van der Waals surface area contributed by atoms with Gasteiger partial charge in [-0.05, 0) is 26.2 Å². The molecule has 0 saturated heterocycles. The van der Waals surface area contributed by atoms with Crippen LogP contribution < -0.4 is 0 Å². The van der Waals surface area contributed by atoms with E-state index in [1.165, 1.54) is 70.6 Å². The molecule has 1 unspecified atom stereocenters. The topological polar surface area (TPSA) is 26.3 Å². The highest BCUT2D eigenvalue weighted by Crippen LogP contribution is 2.13. The lowest BCUT2D eigenvalue weighted by molar-refractivity contribution is -0.143. The van der Waals surface area contributed by atoms with Crippen LogP contribution in [0.15, 0.2) is 0 Å². The van der Waals surface area contributed by atoms with Crippen LogP contribution >= 0.6 is 11.6 Å². The third kappa shape index (κ3) is 19.8. The molecule has 0 aliphatic heterocycles. The molecule has 24 heavy (non-hydrogen) atoms. The predicted octanol–water partition coefficient (Wildman–Crippen LogP) is 7.42. The first-order valence-corrected chi connectivity index (χ1v) is 10.9. The van der Waals surface area contributed by atoms with Gasteiger partial charge in [-0.25, -0.2) is 0 Å². The molecule has 0 fully saturated rings. The summed E-state index contributed by atoms with van der Waals surface area (Å²) in [4.78, 5) is 11.5. The molecule has 0 saturated carbocycles. The number of esters is 1. The van der Waals surface area contributed by atoms with Gasteiger partial charge < -0.3 is 4.74 Å². The highest BCUT2D eigenvalue weighted by atomic mass is 35.5. The molecule has 2 nitrogen and oxygen atoms in total. The molecule has 0 spiro atoms. The van der Waals surface area contributed by atoms with Crippen LogP contribution in [-0.4, -0.2) is 18.0 Å². The van der Waals surface area contributed by atoms with Crippen molar-refractivity contribution in [2.24, 2.45) is 0 Å². The van der Waals surface area contributed by atoms with E-state index in [2.05, 4.69) is 6.92 Å². The van der Waals surface area contributed by atoms with Crippen molar-refractivity contribution in [1.29, 1.82) is 0 Å². The molecule has 144 valence electrons. The largest absolute Gasteiger partial charge is 0.466 e. The smallest absolute Gasteiger partial charge is 0.305 e. The fourth-order valence-electron chi connectivity index (χ4n) is 2.91. The zero-order valence-electron chi connectivity index (χ0n) is 16.3. The normalized spacial score (nSPS) is 12.3. The zero-order valence-corrected chi connectivity index (χ0v) is 17.0. The Morgan fingerprint density at radius 2 is 1.25 bits per heavy atom. The van der Waals surface area contributed by atoms with E-state index in [1.54, 1.807) is 0 Å². The number of hydrogen-bond acceptors (Lipinski definition) is 2. The molecule has 0 aliphatic rings. The third-order valence-electron chi connectivity index (χ3n) is 4.49. The number of alkyl halides is 1. The first-order chi connectivity index (χ1) is 11.7. The summed E-state index contributed by atoms with van der Waals surface area (Å²) in [6.07, 6.45) is 19.6. The molecular weight excluding hydrogens is 320 g/mol. The maximum atomic E-state index is 11.5. The Hall–Kier alpha value is -0.240. The van der Waals surface area contributed by atoms with Crippen molar-refractivity contribution >= 4 is 17.6 Å². The van der Waals surface area contributed by atoms with Crippen LogP contribution in [-0.2, 0) is 9.53 Å². The van der Waals surface area contributed by atoms with Gasteiger partial charge in [-0.2, -0.15) is 0 Å². The van der Waals surface area contributed by atoms with Crippen molar-refractivity contribution in [3.63, 3.8) is 0 Å². The lowest BCUT2D eigenvalue weighted by Gasteiger charge is -2.06. The molecular formula is C21H41ClO2. The van der Waals surface area contributed by atoms with Crippen LogP contribution in [0.5, 0.6) is 0 Å². The zero-order chi connectivity index (χ0) is 17.9. The van der Waals surface area contributed by atoms with E-state index in [9.17, 15) is 4.79 Å². The second-order valence-corrected chi connectivity index (χ2v) is 7.88. The predicted molar refractivity (Wildman–Crippen MR) is 106 cm³/mol. The highest BCUT2D eigenvalue weighted by Gasteiger charge is 2.03. The summed E-state index contributed by atoms with van der Waals surface area (Å²) < 4.78 is 5.20. The molecule has 0 aliphatic carbocycles. The number of carbonyl (C=O) groups is 1. The lowest BCUT2D eigenvalue weighted by atomic mass is 10.0. The fourth-order valence-corrected chi connectivity index (χ4v) is 3.06. The van der Waals surface area contributed by atoms with E-state index >= 15 is 0 Å². The van der Waals surface area contributed by atoms with Crippen LogP contribution in [0, 0.1) is 0 Å². The minimum atomic E-state index is -0.0414. The van der Waals surface area contributed by atoms with Crippen molar-refractivity contribution in [1.82, 2.24) is 0 Å². The Morgan fingerprint density at radius 3 is 1.71 bits per heavy atom. The average Bonchev–Trinajstić information content (AvgIpc) is 2.55. The van der Waals surface area contributed by atoms with Gasteiger partial charge in [-0.1, -0.05) is 84.0 Å². The molecule has 1 atom stereocenters. The molecule has 0 bridgehead atoms. The Labute approximate surface area is 156 Å². The second kappa shape index (κ2) is 19.1. The van der Waals surface area contributed by atoms with Crippen LogP contribution in [0.2, 0.25) is 0 Å². The van der Waals surface area contributed by atoms with E-state index in [0.717, 1.165) is 25.7 Å². The summed E-state index contributed by atoms with van der Waals surface area (Å²) >= 11 is 5.85. The molecule has 0 heterocycles. The van der Waals surface area contributed by atoms with Gasteiger partial charge in [-0.3, -0.25) is 4.79 Å². The molecule has 0 aromatic heterocycles. The van der Waals surface area contributed by atoms with E-state index in [0.29, 0.717) is 13.0 Å². The maximum Gasteiger partial charge on any atom is 0.305 e. The maximum absolute atomic E-state index is 11.5. The summed E-state index contributed by atoms with van der Waals surface area (Å²) in [5.41, 5.74) is 0. The molecule has 0 N–H and O–H groups in total. The molecule has 0 aromatic carbocycles.